The van der Waals surface area contributed by atoms with Crippen LogP contribution in [-0.2, 0) is 0 Å². The molecule has 1 amide bonds. The molecule has 1 rings (SSSR count). The molecule has 0 atom stereocenters. The predicted octanol–water partition coefficient (Wildman–Crippen LogP) is 0.753. The molecule has 0 bridgehead atoms. The van der Waals surface area contributed by atoms with Crippen molar-refractivity contribution < 1.29 is 9.18 Å². The third-order valence-corrected chi connectivity index (χ3v) is 1.22. The lowest BCUT2D eigenvalue weighted by atomic mass is 10.2. The van der Waals surface area contributed by atoms with E-state index in [2.05, 4.69) is 0 Å². The fourth-order valence-electron chi connectivity index (χ4n) is 0.673. The van der Waals surface area contributed by atoms with Crippen molar-refractivity contribution in [2.24, 2.45) is 0 Å². The van der Waals surface area contributed by atoms with Gasteiger partial charge in [0.25, 0.3) is 5.91 Å². The number of carbonyl (C=O) groups is 1. The Balaban J connectivity index is 2.90. The van der Waals surface area contributed by atoms with E-state index in [0.29, 0.717) is 0 Å². The molecule has 0 spiro atoms. The molecule has 0 aliphatic carbocycles. The Bertz CT molecular complexity index is 258. The zero-order valence-corrected chi connectivity index (χ0v) is 5.60. The number of hydrogen-bond donors (Lipinski definition) is 1. The first kappa shape index (κ1) is 7.68. The van der Waals surface area contributed by atoms with Crippen molar-refractivity contribution in [3.63, 3.8) is 0 Å². The van der Waals surface area contributed by atoms with Crippen molar-refractivity contribution in [3.8, 4) is 0 Å². The van der Waals surface area contributed by atoms with Gasteiger partial charge in [0, 0.05) is 5.56 Å². The van der Waals surface area contributed by atoms with E-state index in [1.165, 1.54) is 24.3 Å². The number of benzene rings is 1. The summed E-state index contributed by atoms with van der Waals surface area (Å²) in [6, 6.07) is 4.98. The number of amides is 1. The SMILES string of the molecule is [NH]NC(=O)c1ccc(F)cc1. The zero-order valence-electron chi connectivity index (χ0n) is 5.60. The molecular formula is C7H6FN2O. The van der Waals surface area contributed by atoms with Gasteiger partial charge in [0.2, 0.25) is 0 Å². The van der Waals surface area contributed by atoms with Crippen molar-refractivity contribution in [1.29, 1.82) is 0 Å². The molecule has 1 aromatic rings. The second kappa shape index (κ2) is 3.12. The summed E-state index contributed by atoms with van der Waals surface area (Å²) in [4.78, 5) is 10.7. The van der Waals surface area contributed by atoms with Gasteiger partial charge in [0.1, 0.15) is 5.82 Å². The first-order chi connectivity index (χ1) is 5.24. The largest absolute Gasteiger partial charge is 0.272 e. The fraction of sp³-hybridized carbons (Fsp3) is 0. The van der Waals surface area contributed by atoms with Crippen LogP contribution in [0.5, 0.6) is 0 Å². The van der Waals surface area contributed by atoms with Crippen LogP contribution in [0, 0.1) is 5.82 Å². The minimum atomic E-state index is -0.537. The van der Waals surface area contributed by atoms with E-state index >= 15 is 0 Å². The number of hydrogen-bond acceptors (Lipinski definition) is 1. The van der Waals surface area contributed by atoms with E-state index in [9.17, 15) is 9.18 Å². The lowest BCUT2D eigenvalue weighted by Crippen LogP contribution is -2.20. The molecule has 4 heteroatoms. The van der Waals surface area contributed by atoms with Crippen LogP contribution in [-0.4, -0.2) is 5.91 Å². The summed E-state index contributed by atoms with van der Waals surface area (Å²) in [5.74, 6) is 5.57. The Morgan fingerprint density at radius 3 is 2.36 bits per heavy atom. The number of rotatable bonds is 1. The normalized spacial score (nSPS) is 9.27. The topological polar surface area (TPSA) is 52.9 Å². The third-order valence-electron chi connectivity index (χ3n) is 1.22. The van der Waals surface area contributed by atoms with E-state index in [-0.39, 0.29) is 5.56 Å². The van der Waals surface area contributed by atoms with Gasteiger partial charge in [0.05, 0.1) is 0 Å². The molecule has 0 fully saturated rings. The Morgan fingerprint density at radius 2 is 1.91 bits per heavy atom. The first-order valence-electron chi connectivity index (χ1n) is 2.96. The van der Waals surface area contributed by atoms with Crippen molar-refractivity contribution >= 4 is 5.91 Å². The van der Waals surface area contributed by atoms with Gasteiger partial charge in [-0.05, 0) is 24.3 Å². The molecule has 1 radical (unpaired) electrons. The molecule has 1 aromatic carbocycles. The second-order valence-electron chi connectivity index (χ2n) is 1.96. The average Bonchev–Trinajstić information content (AvgIpc) is 2.05. The molecule has 0 saturated heterocycles. The smallest absolute Gasteiger partial charge is 0.266 e. The molecule has 57 valence electrons. The van der Waals surface area contributed by atoms with Gasteiger partial charge >= 0.3 is 0 Å². The molecule has 0 aliphatic rings. The van der Waals surface area contributed by atoms with Crippen LogP contribution in [0.15, 0.2) is 24.3 Å². The molecular weight excluding hydrogens is 147 g/mol. The molecule has 0 aliphatic heterocycles. The molecule has 0 saturated carbocycles. The van der Waals surface area contributed by atoms with Crippen LogP contribution in [0.4, 0.5) is 4.39 Å². The summed E-state index contributed by atoms with van der Waals surface area (Å²) in [6.07, 6.45) is 0. The lowest BCUT2D eigenvalue weighted by molar-refractivity contribution is 0.0950. The predicted molar refractivity (Wildman–Crippen MR) is 37.0 cm³/mol. The number of halogens is 1. The van der Waals surface area contributed by atoms with Gasteiger partial charge in [-0.1, -0.05) is 0 Å². The van der Waals surface area contributed by atoms with E-state index in [1.807, 2.05) is 0 Å². The molecule has 0 heterocycles. The van der Waals surface area contributed by atoms with E-state index in [1.54, 1.807) is 5.43 Å². The van der Waals surface area contributed by atoms with Crippen LogP contribution < -0.4 is 11.3 Å². The van der Waals surface area contributed by atoms with Crippen molar-refractivity contribution in [2.45, 2.75) is 0 Å². The highest BCUT2D eigenvalue weighted by atomic mass is 19.1. The monoisotopic (exact) mass is 153 g/mol. The van der Waals surface area contributed by atoms with Crippen LogP contribution in [0.1, 0.15) is 10.4 Å². The Kier molecular flexibility index (Phi) is 2.18. The summed E-state index contributed by atoms with van der Waals surface area (Å²) in [6.45, 7) is 0. The standard InChI is InChI=1S/C7H6FN2O/c8-6-3-1-5(2-4-6)7(11)10-9/h1-4,9H,(H,10,11). The maximum atomic E-state index is 12.3. The van der Waals surface area contributed by atoms with Gasteiger partial charge < -0.3 is 0 Å². The minimum Gasteiger partial charge on any atom is -0.272 e. The van der Waals surface area contributed by atoms with Crippen LogP contribution in [0.2, 0.25) is 0 Å². The molecule has 2 N–H and O–H groups in total. The van der Waals surface area contributed by atoms with Crippen LogP contribution in [0.3, 0.4) is 0 Å². The summed E-state index contributed by atoms with van der Waals surface area (Å²) < 4.78 is 12.3. The molecule has 11 heavy (non-hydrogen) atoms. The highest BCUT2D eigenvalue weighted by Crippen LogP contribution is 2.01. The van der Waals surface area contributed by atoms with Gasteiger partial charge in [-0.3, -0.25) is 10.2 Å². The van der Waals surface area contributed by atoms with Crippen molar-refractivity contribution in [2.75, 3.05) is 0 Å². The Morgan fingerprint density at radius 1 is 1.36 bits per heavy atom. The minimum absolute atomic E-state index is 0.279. The summed E-state index contributed by atoms with van der Waals surface area (Å²) in [5, 5.41) is 0. The molecule has 3 nitrogen and oxygen atoms in total. The molecule has 0 aromatic heterocycles. The quantitative estimate of drug-likeness (QED) is 0.595. The summed E-state index contributed by atoms with van der Waals surface area (Å²) >= 11 is 0. The second-order valence-corrected chi connectivity index (χ2v) is 1.96. The maximum Gasteiger partial charge on any atom is 0.266 e. The lowest BCUT2D eigenvalue weighted by Gasteiger charge is -1.96. The van der Waals surface area contributed by atoms with Gasteiger partial charge in [-0.15, -0.1) is 0 Å². The third kappa shape index (κ3) is 1.75. The van der Waals surface area contributed by atoms with E-state index in [0.717, 1.165) is 0 Å². The summed E-state index contributed by atoms with van der Waals surface area (Å²) in [7, 11) is 0. The first-order valence-corrected chi connectivity index (χ1v) is 2.96. The molecule has 0 unspecified atom stereocenters. The maximum absolute atomic E-state index is 12.3. The van der Waals surface area contributed by atoms with Gasteiger partial charge in [0.15, 0.2) is 0 Å². The van der Waals surface area contributed by atoms with Crippen LogP contribution >= 0.6 is 0 Å². The van der Waals surface area contributed by atoms with E-state index in [4.69, 9.17) is 5.84 Å². The fourth-order valence-corrected chi connectivity index (χ4v) is 0.673. The number of nitrogens with one attached hydrogen (secondary N) is 2. The van der Waals surface area contributed by atoms with E-state index < -0.39 is 11.7 Å². The average molecular weight is 153 g/mol. The van der Waals surface area contributed by atoms with Crippen LogP contribution in [0.25, 0.3) is 0 Å². The highest BCUT2D eigenvalue weighted by Gasteiger charge is 2.01. The van der Waals surface area contributed by atoms with Crippen molar-refractivity contribution in [3.05, 3.63) is 35.6 Å². The number of carbonyl (C=O) groups excluding carboxylic acids is 1. The van der Waals surface area contributed by atoms with Gasteiger partial charge in [-0.25, -0.2) is 4.39 Å². The summed E-state index contributed by atoms with van der Waals surface area (Å²) in [5.41, 5.74) is 1.97. The Labute approximate surface area is 63.0 Å². The zero-order chi connectivity index (χ0) is 8.27. The highest BCUT2D eigenvalue weighted by molar-refractivity contribution is 5.93. The Hall–Kier alpha value is -1.42. The van der Waals surface area contributed by atoms with Gasteiger partial charge in [-0.2, -0.15) is 5.84 Å². The van der Waals surface area contributed by atoms with Crippen molar-refractivity contribution in [1.82, 2.24) is 11.3 Å².